The molecule has 164 valence electrons. The van der Waals surface area contributed by atoms with Crippen molar-refractivity contribution in [3.8, 4) is 11.5 Å². The zero-order valence-corrected chi connectivity index (χ0v) is 17.5. The van der Waals surface area contributed by atoms with Crippen molar-refractivity contribution in [2.45, 2.75) is 45.4 Å². The lowest BCUT2D eigenvalue weighted by Crippen LogP contribution is -2.54. The fourth-order valence-electron chi connectivity index (χ4n) is 5.91. The summed E-state index contributed by atoms with van der Waals surface area (Å²) in [5.41, 5.74) is -0.260. The molecule has 4 aliphatic carbocycles. The van der Waals surface area contributed by atoms with Crippen LogP contribution in [0.4, 0.5) is 5.69 Å². The number of anilines is 1. The molecule has 7 nitrogen and oxygen atoms in total. The SMILES string of the molecule is C=C1C[C@]23C=CC(=O)[C@@](C)(CCC(=O)Nc4c(O)ccc(C(=O)O)c4O)[C@@H]2C[C@H]1CC3. The molecule has 1 aromatic carbocycles. The Morgan fingerprint density at radius 2 is 2.03 bits per heavy atom. The Hall–Kier alpha value is -3.09. The molecule has 1 amide bonds. The summed E-state index contributed by atoms with van der Waals surface area (Å²) < 4.78 is 0. The molecule has 4 atom stereocenters. The van der Waals surface area contributed by atoms with Crippen LogP contribution in [0.3, 0.4) is 0 Å². The first-order valence-electron chi connectivity index (χ1n) is 10.6. The smallest absolute Gasteiger partial charge is 0.339 e. The fraction of sp³-hybridized carbons (Fsp3) is 0.458. The molecule has 1 aromatic rings. The van der Waals surface area contributed by atoms with Crippen molar-refractivity contribution < 1.29 is 29.7 Å². The number of ketones is 1. The summed E-state index contributed by atoms with van der Waals surface area (Å²) in [5, 5.41) is 31.6. The van der Waals surface area contributed by atoms with E-state index >= 15 is 0 Å². The molecular weight excluding hydrogens is 398 g/mol. The van der Waals surface area contributed by atoms with Gasteiger partial charge in [-0.25, -0.2) is 4.79 Å². The van der Waals surface area contributed by atoms with Crippen LogP contribution in [0.1, 0.15) is 55.8 Å². The molecule has 0 aromatic heterocycles. The van der Waals surface area contributed by atoms with E-state index in [1.54, 1.807) is 6.08 Å². The molecule has 1 spiro atoms. The van der Waals surface area contributed by atoms with Gasteiger partial charge in [-0.15, -0.1) is 0 Å². The van der Waals surface area contributed by atoms with Gasteiger partial charge in [-0.2, -0.15) is 0 Å². The number of allylic oxidation sites excluding steroid dienone is 3. The third-order valence-corrected chi connectivity index (χ3v) is 7.73. The number of aromatic hydroxyl groups is 2. The molecule has 3 fully saturated rings. The first kappa shape index (κ1) is 21.2. The van der Waals surface area contributed by atoms with E-state index in [1.807, 2.05) is 6.92 Å². The predicted molar refractivity (Wildman–Crippen MR) is 114 cm³/mol. The van der Waals surface area contributed by atoms with Gasteiger partial charge < -0.3 is 20.6 Å². The number of rotatable bonds is 5. The summed E-state index contributed by atoms with van der Waals surface area (Å²) in [5.74, 6) is -2.42. The molecule has 0 saturated heterocycles. The van der Waals surface area contributed by atoms with Crippen LogP contribution in [0.2, 0.25) is 0 Å². The van der Waals surface area contributed by atoms with Crippen LogP contribution in [0, 0.1) is 22.7 Å². The average Bonchev–Trinajstić information content (AvgIpc) is 2.72. The normalized spacial score (nSPS) is 31.4. The largest absolute Gasteiger partial charge is 0.506 e. The number of phenolic OH excluding ortho intramolecular Hbond substituents is 1. The lowest BCUT2D eigenvalue weighted by Gasteiger charge is -2.59. The van der Waals surface area contributed by atoms with Crippen molar-refractivity contribution in [3.05, 3.63) is 42.0 Å². The topological polar surface area (TPSA) is 124 Å². The lowest BCUT2D eigenvalue weighted by atomic mass is 9.44. The van der Waals surface area contributed by atoms with Crippen LogP contribution in [0.15, 0.2) is 36.4 Å². The molecule has 31 heavy (non-hydrogen) atoms. The number of benzene rings is 1. The van der Waals surface area contributed by atoms with Crippen LogP contribution < -0.4 is 5.32 Å². The zero-order chi connectivity index (χ0) is 22.6. The number of carboxylic acid groups (broad SMARTS) is 1. The summed E-state index contributed by atoms with van der Waals surface area (Å²) in [7, 11) is 0. The number of fused-ring (bicyclic) bond motifs is 2. The number of phenols is 2. The van der Waals surface area contributed by atoms with Gasteiger partial charge in [0.2, 0.25) is 5.91 Å². The molecule has 4 aliphatic rings. The number of carboxylic acids is 1. The highest BCUT2D eigenvalue weighted by Crippen LogP contribution is 2.64. The Kier molecular flexibility index (Phi) is 4.95. The van der Waals surface area contributed by atoms with Gasteiger partial charge in [0.25, 0.3) is 0 Å². The summed E-state index contributed by atoms with van der Waals surface area (Å²) >= 11 is 0. The Morgan fingerprint density at radius 1 is 1.29 bits per heavy atom. The van der Waals surface area contributed by atoms with E-state index in [0.29, 0.717) is 12.3 Å². The molecule has 0 unspecified atom stereocenters. The summed E-state index contributed by atoms with van der Waals surface area (Å²) in [6, 6.07) is 2.16. The number of nitrogens with one attached hydrogen (secondary N) is 1. The number of aromatic carboxylic acids is 1. The molecule has 0 radical (unpaired) electrons. The van der Waals surface area contributed by atoms with E-state index in [9.17, 15) is 24.6 Å². The van der Waals surface area contributed by atoms with Crippen molar-refractivity contribution in [1.82, 2.24) is 0 Å². The number of carbonyl (C=O) groups excluding carboxylic acids is 2. The van der Waals surface area contributed by atoms with E-state index in [4.69, 9.17) is 5.11 Å². The highest BCUT2D eigenvalue weighted by atomic mass is 16.4. The van der Waals surface area contributed by atoms with E-state index in [-0.39, 0.29) is 29.2 Å². The van der Waals surface area contributed by atoms with Gasteiger partial charge in [-0.05, 0) is 67.6 Å². The number of hydrogen-bond acceptors (Lipinski definition) is 5. The third-order valence-electron chi connectivity index (χ3n) is 7.73. The van der Waals surface area contributed by atoms with Crippen molar-refractivity contribution >= 4 is 23.3 Å². The number of hydrogen-bond donors (Lipinski definition) is 4. The standard InChI is InChI=1S/C24H27NO6/c1-13-12-24-9-5-14(13)11-17(24)23(2,18(27)6-10-24)8-7-19(28)25-20-16(26)4-3-15(21(20)29)22(30)31/h3-4,6,10,14,17,26,29H,1,5,7-9,11-12H2,2H3,(H,25,28)(H,30,31)/t14-,17+,23+,24+/m1/s1. The summed E-state index contributed by atoms with van der Waals surface area (Å²) in [6.07, 6.45) is 7.96. The third kappa shape index (κ3) is 3.32. The molecule has 5 rings (SSSR count). The van der Waals surface area contributed by atoms with Crippen molar-refractivity contribution in [2.75, 3.05) is 5.32 Å². The van der Waals surface area contributed by atoms with Crippen LogP contribution >= 0.6 is 0 Å². The molecule has 0 aliphatic heterocycles. The van der Waals surface area contributed by atoms with E-state index in [0.717, 1.165) is 37.8 Å². The Bertz CT molecular complexity index is 1030. The van der Waals surface area contributed by atoms with Gasteiger partial charge in [0.1, 0.15) is 17.0 Å². The van der Waals surface area contributed by atoms with Crippen LogP contribution in [-0.2, 0) is 9.59 Å². The van der Waals surface area contributed by atoms with Crippen molar-refractivity contribution in [3.63, 3.8) is 0 Å². The maximum atomic E-state index is 12.9. The Balaban J connectivity index is 1.52. The average molecular weight is 425 g/mol. The minimum atomic E-state index is -1.38. The predicted octanol–water partition coefficient (Wildman–Crippen LogP) is 4.02. The number of amides is 1. The van der Waals surface area contributed by atoms with Gasteiger partial charge in [0.15, 0.2) is 11.5 Å². The Labute approximate surface area is 180 Å². The van der Waals surface area contributed by atoms with E-state index < -0.39 is 34.4 Å². The minimum Gasteiger partial charge on any atom is -0.506 e. The maximum absolute atomic E-state index is 12.9. The first-order chi connectivity index (χ1) is 14.6. The monoisotopic (exact) mass is 425 g/mol. The van der Waals surface area contributed by atoms with Crippen molar-refractivity contribution in [2.24, 2.45) is 22.7 Å². The van der Waals surface area contributed by atoms with Gasteiger partial charge in [-0.3, -0.25) is 9.59 Å². The van der Waals surface area contributed by atoms with Crippen LogP contribution in [-0.4, -0.2) is 33.0 Å². The second-order valence-electron chi connectivity index (χ2n) is 9.42. The van der Waals surface area contributed by atoms with Gasteiger partial charge in [0.05, 0.1) is 0 Å². The summed E-state index contributed by atoms with van der Waals surface area (Å²) in [4.78, 5) is 36.8. The fourth-order valence-corrected chi connectivity index (χ4v) is 5.91. The van der Waals surface area contributed by atoms with Gasteiger partial charge >= 0.3 is 5.97 Å². The molecule has 4 N–H and O–H groups in total. The van der Waals surface area contributed by atoms with Gasteiger partial charge in [-0.1, -0.05) is 25.2 Å². The second-order valence-corrected chi connectivity index (χ2v) is 9.42. The Morgan fingerprint density at radius 3 is 2.71 bits per heavy atom. The molecule has 3 saturated carbocycles. The molecule has 0 heterocycles. The highest BCUT2D eigenvalue weighted by molar-refractivity contribution is 6.00. The number of carbonyl (C=O) groups is 3. The molecular formula is C24H27NO6. The summed E-state index contributed by atoms with van der Waals surface area (Å²) in [6.45, 7) is 6.17. The lowest BCUT2D eigenvalue weighted by molar-refractivity contribution is -0.136. The molecule has 7 heteroatoms. The van der Waals surface area contributed by atoms with E-state index in [1.165, 1.54) is 5.57 Å². The first-order valence-corrected chi connectivity index (χ1v) is 10.6. The van der Waals surface area contributed by atoms with Crippen LogP contribution in [0.25, 0.3) is 0 Å². The second kappa shape index (κ2) is 7.25. The quantitative estimate of drug-likeness (QED) is 0.417. The van der Waals surface area contributed by atoms with Crippen LogP contribution in [0.5, 0.6) is 11.5 Å². The molecule has 2 bridgehead atoms. The van der Waals surface area contributed by atoms with Crippen molar-refractivity contribution in [1.29, 1.82) is 0 Å². The maximum Gasteiger partial charge on any atom is 0.339 e. The highest BCUT2D eigenvalue weighted by Gasteiger charge is 2.58. The minimum absolute atomic E-state index is 0.00442. The zero-order valence-electron chi connectivity index (χ0n) is 17.5. The van der Waals surface area contributed by atoms with E-state index in [2.05, 4.69) is 18.0 Å². The van der Waals surface area contributed by atoms with Gasteiger partial charge in [0, 0.05) is 11.8 Å².